The van der Waals surface area contributed by atoms with Gasteiger partial charge in [-0.1, -0.05) is 68.4 Å². The summed E-state index contributed by atoms with van der Waals surface area (Å²) in [7, 11) is -2.27. The van der Waals surface area contributed by atoms with Crippen LogP contribution in [-0.4, -0.2) is 61.8 Å². The van der Waals surface area contributed by atoms with Crippen molar-refractivity contribution in [1.82, 2.24) is 9.62 Å². The van der Waals surface area contributed by atoms with E-state index in [1.54, 1.807) is 24.3 Å². The highest BCUT2D eigenvalue weighted by Gasteiger charge is 2.32. The Morgan fingerprint density at radius 1 is 0.975 bits per heavy atom. The summed E-state index contributed by atoms with van der Waals surface area (Å²) in [4.78, 5) is 0.179. The minimum absolute atomic E-state index is 0.00925. The van der Waals surface area contributed by atoms with Crippen LogP contribution in [0.3, 0.4) is 0 Å². The van der Waals surface area contributed by atoms with Crippen LogP contribution in [0.4, 0.5) is 0 Å². The zero-order valence-electron chi connectivity index (χ0n) is 23.6. The molecule has 4 atom stereocenters. The Bertz CT molecular complexity index is 1310. The van der Waals surface area contributed by atoms with Crippen molar-refractivity contribution in [2.75, 3.05) is 26.7 Å². The molecule has 0 aromatic heterocycles. The second-order valence-electron chi connectivity index (χ2n) is 11.2. The lowest BCUT2D eigenvalue weighted by atomic mass is 9.93. The Labute approximate surface area is 238 Å². The van der Waals surface area contributed by atoms with Crippen molar-refractivity contribution < 1.29 is 23.4 Å². The highest BCUT2D eigenvalue weighted by Crippen LogP contribution is 2.31. The largest absolute Gasteiger partial charge is 0.497 e. The third-order valence-electron chi connectivity index (χ3n) is 7.52. The summed E-state index contributed by atoms with van der Waals surface area (Å²) < 4.78 is 33.7. The lowest BCUT2D eigenvalue weighted by Crippen LogP contribution is -2.42. The molecule has 216 valence electrons. The maximum absolute atomic E-state index is 13.6. The van der Waals surface area contributed by atoms with Crippen LogP contribution in [0.5, 0.6) is 5.75 Å². The summed E-state index contributed by atoms with van der Waals surface area (Å²) in [6.45, 7) is 4.85. The molecule has 0 heterocycles. The van der Waals surface area contributed by atoms with Gasteiger partial charge in [0.25, 0.3) is 0 Å². The Morgan fingerprint density at radius 2 is 1.65 bits per heavy atom. The number of benzene rings is 3. The number of nitrogens with zero attached hydrogens (tertiary/aromatic N) is 1. The zero-order valence-corrected chi connectivity index (χ0v) is 24.4. The van der Waals surface area contributed by atoms with Crippen molar-refractivity contribution in [2.24, 2.45) is 11.8 Å². The number of hydrogen-bond acceptors (Lipinski definition) is 6. The molecule has 0 saturated carbocycles. The molecule has 0 unspecified atom stereocenters. The Morgan fingerprint density at radius 3 is 2.30 bits per heavy atom. The van der Waals surface area contributed by atoms with Crippen LogP contribution >= 0.6 is 0 Å². The van der Waals surface area contributed by atoms with E-state index in [0.717, 1.165) is 29.5 Å². The molecule has 4 rings (SSSR count). The molecule has 0 fully saturated rings. The van der Waals surface area contributed by atoms with E-state index in [1.165, 1.54) is 11.4 Å². The van der Waals surface area contributed by atoms with Crippen LogP contribution in [-0.2, 0) is 22.9 Å². The van der Waals surface area contributed by atoms with E-state index in [1.807, 2.05) is 50.2 Å². The van der Waals surface area contributed by atoms with E-state index in [-0.39, 0.29) is 29.3 Å². The molecule has 3 N–H and O–H groups in total. The molecule has 1 aliphatic rings. The molecule has 40 heavy (non-hydrogen) atoms. The minimum atomic E-state index is -3.81. The van der Waals surface area contributed by atoms with Crippen molar-refractivity contribution in [3.8, 4) is 5.75 Å². The van der Waals surface area contributed by atoms with Crippen LogP contribution in [0, 0.1) is 11.8 Å². The van der Waals surface area contributed by atoms with Gasteiger partial charge in [0.2, 0.25) is 10.0 Å². The second-order valence-corrected chi connectivity index (χ2v) is 13.1. The summed E-state index contributed by atoms with van der Waals surface area (Å²) in [5, 5.41) is 25.7. The lowest BCUT2D eigenvalue weighted by molar-refractivity contribution is 0.107. The van der Waals surface area contributed by atoms with Crippen molar-refractivity contribution in [3.63, 3.8) is 0 Å². The van der Waals surface area contributed by atoms with Crippen LogP contribution in [0.15, 0.2) is 83.8 Å². The summed E-state index contributed by atoms with van der Waals surface area (Å²) in [5.41, 5.74) is 3.27. The van der Waals surface area contributed by atoms with Gasteiger partial charge < -0.3 is 20.3 Å². The van der Waals surface area contributed by atoms with Gasteiger partial charge in [0.1, 0.15) is 5.75 Å². The van der Waals surface area contributed by atoms with E-state index in [0.29, 0.717) is 25.3 Å². The van der Waals surface area contributed by atoms with Crippen molar-refractivity contribution >= 4 is 10.0 Å². The monoisotopic (exact) mass is 566 g/mol. The molecule has 0 spiro atoms. The molecular formula is C32H42N2O5S. The number of rotatable bonds is 14. The summed E-state index contributed by atoms with van der Waals surface area (Å²) >= 11 is 0. The third kappa shape index (κ3) is 7.71. The number of hydrogen-bond donors (Lipinski definition) is 3. The first-order chi connectivity index (χ1) is 19.2. The molecular weight excluding hydrogens is 524 g/mol. The Hall–Kier alpha value is -2.75. The number of aliphatic hydroxyl groups excluding tert-OH is 2. The van der Waals surface area contributed by atoms with Gasteiger partial charge in [-0.2, -0.15) is 4.31 Å². The van der Waals surface area contributed by atoms with Gasteiger partial charge in [-0.05, 0) is 78.6 Å². The maximum atomic E-state index is 13.6. The highest BCUT2D eigenvalue weighted by atomic mass is 32.2. The first-order valence-corrected chi connectivity index (χ1v) is 15.5. The van der Waals surface area contributed by atoms with Gasteiger partial charge >= 0.3 is 0 Å². The molecule has 8 heteroatoms. The molecule has 1 aliphatic carbocycles. The van der Waals surface area contributed by atoms with Crippen molar-refractivity contribution in [1.29, 1.82) is 0 Å². The summed E-state index contributed by atoms with van der Waals surface area (Å²) in [6.07, 6.45) is 0.475. The Kier molecular flexibility index (Phi) is 10.4. The van der Waals surface area contributed by atoms with Gasteiger partial charge in [-0.3, -0.25) is 0 Å². The van der Waals surface area contributed by atoms with E-state index >= 15 is 0 Å². The SMILES string of the molecule is COc1ccc(S(=O)(=O)N(CC(C)C)C[C@@H](O)C[C@@H](CN[C@H]2Cc3ccccc3[C@H]2O)Cc2ccccc2)cc1. The number of fused-ring (bicyclic) bond motifs is 1. The van der Waals surface area contributed by atoms with Crippen molar-refractivity contribution in [3.05, 3.63) is 95.6 Å². The topological polar surface area (TPSA) is 99.1 Å². The van der Waals surface area contributed by atoms with E-state index in [4.69, 9.17) is 4.74 Å². The number of ether oxygens (including phenoxy) is 1. The first kappa shape index (κ1) is 30.2. The van der Waals surface area contributed by atoms with Crippen LogP contribution < -0.4 is 10.1 Å². The van der Waals surface area contributed by atoms with E-state index in [9.17, 15) is 18.6 Å². The third-order valence-corrected chi connectivity index (χ3v) is 9.36. The van der Waals surface area contributed by atoms with Gasteiger partial charge in [0, 0.05) is 19.1 Å². The van der Waals surface area contributed by atoms with Gasteiger partial charge in [0.15, 0.2) is 0 Å². The fourth-order valence-electron chi connectivity index (χ4n) is 5.53. The molecule has 0 saturated heterocycles. The smallest absolute Gasteiger partial charge is 0.243 e. The fraction of sp³-hybridized carbons (Fsp3) is 0.438. The average Bonchev–Trinajstić information content (AvgIpc) is 3.27. The predicted molar refractivity (Wildman–Crippen MR) is 158 cm³/mol. The molecule has 0 amide bonds. The molecule has 0 radical (unpaired) electrons. The van der Waals surface area contributed by atoms with Gasteiger partial charge in [0.05, 0.1) is 24.2 Å². The van der Waals surface area contributed by atoms with Crippen molar-refractivity contribution in [2.45, 2.75) is 56.3 Å². The first-order valence-electron chi connectivity index (χ1n) is 14.0. The second kappa shape index (κ2) is 13.7. The minimum Gasteiger partial charge on any atom is -0.497 e. The van der Waals surface area contributed by atoms with E-state index < -0.39 is 22.2 Å². The molecule has 0 bridgehead atoms. The zero-order chi connectivity index (χ0) is 28.7. The van der Waals surface area contributed by atoms with Crippen LogP contribution in [0.25, 0.3) is 0 Å². The average molecular weight is 567 g/mol. The lowest BCUT2D eigenvalue weighted by Gasteiger charge is -2.29. The standard InChI is InChI=1S/C32H42N2O5S/c1-23(2)21-34(40(37,38)29-15-13-28(39-3)14-16-29)22-27(35)18-25(17-24-9-5-4-6-10-24)20-33-31-19-26-11-7-8-12-30(26)32(31)36/h4-16,23,25,27,31-33,35-36H,17-22H2,1-3H3/t25-,27-,31-,32+/m0/s1. The molecule has 0 aliphatic heterocycles. The normalized spacial score (nSPS) is 18.6. The maximum Gasteiger partial charge on any atom is 0.243 e. The van der Waals surface area contributed by atoms with Crippen LogP contribution in [0.1, 0.15) is 43.1 Å². The highest BCUT2D eigenvalue weighted by molar-refractivity contribution is 7.89. The molecule has 3 aromatic rings. The summed E-state index contributed by atoms with van der Waals surface area (Å²) in [5.74, 6) is 0.714. The fourth-order valence-corrected chi connectivity index (χ4v) is 7.17. The van der Waals surface area contributed by atoms with E-state index in [2.05, 4.69) is 23.5 Å². The number of sulfonamides is 1. The Balaban J connectivity index is 1.46. The number of methoxy groups -OCH3 is 1. The van der Waals surface area contributed by atoms with Crippen LogP contribution in [0.2, 0.25) is 0 Å². The summed E-state index contributed by atoms with van der Waals surface area (Å²) in [6, 6.07) is 24.3. The number of aliphatic hydroxyl groups is 2. The number of nitrogens with one attached hydrogen (secondary N) is 1. The molecule has 3 aromatic carbocycles. The van der Waals surface area contributed by atoms with Gasteiger partial charge in [-0.25, -0.2) is 8.42 Å². The quantitative estimate of drug-likeness (QED) is 0.271. The van der Waals surface area contributed by atoms with Gasteiger partial charge in [-0.15, -0.1) is 0 Å². The predicted octanol–water partition coefficient (Wildman–Crippen LogP) is 4.20. The molecule has 7 nitrogen and oxygen atoms in total.